The summed E-state index contributed by atoms with van der Waals surface area (Å²) in [7, 11) is 0. The summed E-state index contributed by atoms with van der Waals surface area (Å²) in [6, 6.07) is 0. The molecule has 94 valence electrons. The predicted octanol–water partition coefficient (Wildman–Crippen LogP) is 0.179. The van der Waals surface area contributed by atoms with Crippen molar-refractivity contribution >= 4 is 22.4 Å². The van der Waals surface area contributed by atoms with Crippen LogP contribution in [0.3, 0.4) is 0 Å². The van der Waals surface area contributed by atoms with Crippen molar-refractivity contribution in [2.75, 3.05) is 32.1 Å². The van der Waals surface area contributed by atoms with E-state index in [4.69, 9.17) is 15.2 Å². The van der Waals surface area contributed by atoms with E-state index in [2.05, 4.69) is 10.3 Å². The molecule has 1 fully saturated rings. The van der Waals surface area contributed by atoms with E-state index in [0.29, 0.717) is 42.1 Å². The molecule has 0 saturated carbocycles. The Morgan fingerprint density at radius 2 is 2.47 bits per heavy atom. The number of aryl methyl sites for hydroxylation is 1. The number of amides is 1. The van der Waals surface area contributed by atoms with Gasteiger partial charge < -0.3 is 20.5 Å². The van der Waals surface area contributed by atoms with Crippen molar-refractivity contribution in [1.82, 2.24) is 10.3 Å². The molecule has 7 heteroatoms. The van der Waals surface area contributed by atoms with Gasteiger partial charge in [-0.1, -0.05) is 11.3 Å². The third-order valence-electron chi connectivity index (χ3n) is 2.39. The van der Waals surface area contributed by atoms with Gasteiger partial charge in [0, 0.05) is 6.54 Å². The van der Waals surface area contributed by atoms with Gasteiger partial charge in [0.25, 0.3) is 5.91 Å². The van der Waals surface area contributed by atoms with E-state index >= 15 is 0 Å². The van der Waals surface area contributed by atoms with E-state index in [-0.39, 0.29) is 12.0 Å². The summed E-state index contributed by atoms with van der Waals surface area (Å²) < 4.78 is 10.7. The Morgan fingerprint density at radius 1 is 1.65 bits per heavy atom. The monoisotopic (exact) mass is 257 g/mol. The maximum atomic E-state index is 11.8. The number of hydrogen-bond acceptors (Lipinski definition) is 6. The third-order valence-corrected chi connectivity index (χ3v) is 3.38. The molecule has 1 aliphatic rings. The van der Waals surface area contributed by atoms with Crippen LogP contribution in [0.1, 0.15) is 15.4 Å². The van der Waals surface area contributed by atoms with Crippen LogP contribution in [-0.2, 0) is 9.47 Å². The van der Waals surface area contributed by atoms with Gasteiger partial charge in [-0.2, -0.15) is 0 Å². The van der Waals surface area contributed by atoms with Gasteiger partial charge in [0.05, 0.1) is 31.6 Å². The SMILES string of the molecule is Cc1nc(N)sc1C(=O)NCC1COCCO1. The van der Waals surface area contributed by atoms with Crippen LogP contribution in [0.25, 0.3) is 0 Å². The Labute approximate surface area is 103 Å². The molecule has 0 bridgehead atoms. The lowest BCUT2D eigenvalue weighted by molar-refractivity contribution is -0.0855. The number of nitrogen functional groups attached to an aromatic ring is 1. The number of ether oxygens (including phenoxy) is 2. The molecule has 1 aliphatic heterocycles. The second-order valence-corrected chi connectivity index (χ2v) is 4.78. The Hall–Kier alpha value is -1.18. The molecule has 0 spiro atoms. The lowest BCUT2D eigenvalue weighted by Crippen LogP contribution is -2.39. The molecule has 0 aromatic carbocycles. The first-order valence-electron chi connectivity index (χ1n) is 5.37. The van der Waals surface area contributed by atoms with E-state index in [0.717, 1.165) is 0 Å². The largest absolute Gasteiger partial charge is 0.376 e. The molecule has 1 unspecified atom stereocenters. The van der Waals surface area contributed by atoms with Crippen molar-refractivity contribution in [3.63, 3.8) is 0 Å². The van der Waals surface area contributed by atoms with Crippen molar-refractivity contribution < 1.29 is 14.3 Å². The molecular weight excluding hydrogens is 242 g/mol. The molecule has 17 heavy (non-hydrogen) atoms. The molecule has 6 nitrogen and oxygen atoms in total. The van der Waals surface area contributed by atoms with Gasteiger partial charge in [0.2, 0.25) is 0 Å². The number of nitrogens with two attached hydrogens (primary N) is 1. The van der Waals surface area contributed by atoms with Crippen LogP contribution >= 0.6 is 11.3 Å². The minimum Gasteiger partial charge on any atom is -0.376 e. The van der Waals surface area contributed by atoms with Gasteiger partial charge in [0.1, 0.15) is 4.88 Å². The fourth-order valence-corrected chi connectivity index (χ4v) is 2.32. The number of carbonyl (C=O) groups excluding carboxylic acids is 1. The molecular formula is C10H15N3O3S. The van der Waals surface area contributed by atoms with E-state index < -0.39 is 0 Å². The van der Waals surface area contributed by atoms with Crippen molar-refractivity contribution in [3.05, 3.63) is 10.6 Å². The fraction of sp³-hybridized carbons (Fsp3) is 0.600. The number of hydrogen-bond donors (Lipinski definition) is 2. The fourth-order valence-electron chi connectivity index (χ4n) is 1.57. The zero-order chi connectivity index (χ0) is 12.3. The second kappa shape index (κ2) is 5.44. The molecule has 0 aliphatic carbocycles. The summed E-state index contributed by atoms with van der Waals surface area (Å²) in [5, 5.41) is 3.20. The highest BCUT2D eigenvalue weighted by atomic mass is 32.1. The zero-order valence-corrected chi connectivity index (χ0v) is 10.4. The molecule has 3 N–H and O–H groups in total. The topological polar surface area (TPSA) is 86.5 Å². The van der Waals surface area contributed by atoms with Crippen LogP contribution < -0.4 is 11.1 Å². The Morgan fingerprint density at radius 3 is 3.06 bits per heavy atom. The lowest BCUT2D eigenvalue weighted by atomic mass is 10.3. The summed E-state index contributed by atoms with van der Waals surface area (Å²) in [4.78, 5) is 16.4. The van der Waals surface area contributed by atoms with Crippen LogP contribution in [0.4, 0.5) is 5.13 Å². The van der Waals surface area contributed by atoms with Gasteiger partial charge in [-0.15, -0.1) is 0 Å². The summed E-state index contributed by atoms with van der Waals surface area (Å²) in [5.41, 5.74) is 6.20. The number of carbonyl (C=O) groups is 1. The molecule has 0 radical (unpaired) electrons. The average Bonchev–Trinajstić information content (AvgIpc) is 2.67. The predicted molar refractivity (Wildman–Crippen MR) is 64.2 cm³/mol. The van der Waals surface area contributed by atoms with Crippen LogP contribution in [-0.4, -0.2) is 43.4 Å². The first-order valence-corrected chi connectivity index (χ1v) is 6.19. The third kappa shape index (κ3) is 3.15. The minimum absolute atomic E-state index is 0.0710. The van der Waals surface area contributed by atoms with Crippen molar-refractivity contribution in [2.24, 2.45) is 0 Å². The van der Waals surface area contributed by atoms with Gasteiger partial charge in [-0.3, -0.25) is 4.79 Å². The lowest BCUT2D eigenvalue weighted by Gasteiger charge is -2.22. The van der Waals surface area contributed by atoms with Crippen molar-refractivity contribution in [1.29, 1.82) is 0 Å². The number of anilines is 1. The molecule has 1 aromatic rings. The number of nitrogens with one attached hydrogen (secondary N) is 1. The van der Waals surface area contributed by atoms with E-state index in [1.807, 2.05) is 0 Å². The van der Waals surface area contributed by atoms with E-state index in [1.54, 1.807) is 6.92 Å². The highest BCUT2D eigenvalue weighted by Gasteiger charge is 2.18. The van der Waals surface area contributed by atoms with Gasteiger partial charge in [-0.05, 0) is 6.92 Å². The van der Waals surface area contributed by atoms with Gasteiger partial charge >= 0.3 is 0 Å². The number of thiazole rings is 1. The maximum Gasteiger partial charge on any atom is 0.263 e. The summed E-state index contributed by atoms with van der Waals surface area (Å²) in [6.07, 6.45) is -0.0710. The molecule has 1 aromatic heterocycles. The number of aromatic nitrogens is 1. The first-order chi connectivity index (χ1) is 8.16. The Bertz CT molecular complexity index is 402. The quantitative estimate of drug-likeness (QED) is 0.806. The summed E-state index contributed by atoms with van der Waals surface area (Å²) in [5.74, 6) is -0.161. The first kappa shape index (κ1) is 12.3. The molecule has 2 heterocycles. The van der Waals surface area contributed by atoms with Crippen LogP contribution in [0, 0.1) is 6.92 Å². The van der Waals surface area contributed by atoms with Crippen molar-refractivity contribution in [2.45, 2.75) is 13.0 Å². The van der Waals surface area contributed by atoms with Crippen LogP contribution in [0.5, 0.6) is 0 Å². The standard InChI is InChI=1S/C10H15N3O3S/c1-6-8(17-10(11)13-6)9(14)12-4-7-5-15-2-3-16-7/h7H,2-5H2,1H3,(H2,11,13)(H,12,14). The van der Waals surface area contributed by atoms with Crippen molar-refractivity contribution in [3.8, 4) is 0 Å². The van der Waals surface area contributed by atoms with Gasteiger partial charge in [0.15, 0.2) is 5.13 Å². The smallest absolute Gasteiger partial charge is 0.263 e. The highest BCUT2D eigenvalue weighted by molar-refractivity contribution is 7.17. The summed E-state index contributed by atoms with van der Waals surface area (Å²) in [6.45, 7) is 3.92. The normalized spacial score (nSPS) is 20.2. The number of nitrogens with zero attached hydrogens (tertiary/aromatic N) is 1. The van der Waals surface area contributed by atoms with Gasteiger partial charge in [-0.25, -0.2) is 4.98 Å². The van der Waals surface area contributed by atoms with Crippen LogP contribution in [0.2, 0.25) is 0 Å². The molecule has 1 saturated heterocycles. The average molecular weight is 257 g/mol. The zero-order valence-electron chi connectivity index (χ0n) is 9.56. The Balaban J connectivity index is 1.86. The second-order valence-electron chi connectivity index (χ2n) is 3.74. The van der Waals surface area contributed by atoms with E-state index in [9.17, 15) is 4.79 Å². The minimum atomic E-state index is -0.161. The molecule has 1 atom stereocenters. The molecule has 1 amide bonds. The molecule has 2 rings (SSSR count). The Kier molecular flexibility index (Phi) is 3.93. The highest BCUT2D eigenvalue weighted by Crippen LogP contribution is 2.19. The number of rotatable bonds is 3. The van der Waals surface area contributed by atoms with E-state index in [1.165, 1.54) is 11.3 Å². The summed E-state index contributed by atoms with van der Waals surface area (Å²) >= 11 is 1.19. The van der Waals surface area contributed by atoms with Crippen LogP contribution in [0.15, 0.2) is 0 Å². The maximum absolute atomic E-state index is 11.8.